The average Bonchev–Trinajstić information content (AvgIpc) is 3.18. The van der Waals surface area contributed by atoms with Crippen LogP contribution in [0.3, 0.4) is 0 Å². The van der Waals surface area contributed by atoms with Gasteiger partial charge in [0.25, 0.3) is 0 Å². The number of amides is 1. The largest absolute Gasteiger partial charge is 0.507 e. The fourth-order valence-corrected chi connectivity index (χ4v) is 4.90. The predicted octanol–water partition coefficient (Wildman–Crippen LogP) is 4.56. The lowest BCUT2D eigenvalue weighted by atomic mass is 9.97. The van der Waals surface area contributed by atoms with E-state index in [1.165, 1.54) is 0 Å². The van der Waals surface area contributed by atoms with E-state index in [-0.39, 0.29) is 17.6 Å². The van der Waals surface area contributed by atoms with E-state index in [0.29, 0.717) is 17.1 Å². The van der Waals surface area contributed by atoms with E-state index >= 15 is 0 Å². The molecule has 6 nitrogen and oxygen atoms in total. The van der Waals surface area contributed by atoms with E-state index in [0.717, 1.165) is 60.8 Å². The molecule has 3 heterocycles. The van der Waals surface area contributed by atoms with Gasteiger partial charge in [-0.3, -0.25) is 4.79 Å². The molecule has 5 rings (SSSR count). The van der Waals surface area contributed by atoms with Crippen LogP contribution in [0.2, 0.25) is 5.02 Å². The Morgan fingerprint density at radius 3 is 2.42 bits per heavy atom. The minimum atomic E-state index is 0.0212. The minimum absolute atomic E-state index is 0.0212. The van der Waals surface area contributed by atoms with Gasteiger partial charge in [0, 0.05) is 56.0 Å². The van der Waals surface area contributed by atoms with Crippen molar-refractivity contribution in [3.05, 3.63) is 59.8 Å². The zero-order valence-electron chi connectivity index (χ0n) is 18.6. The first-order chi connectivity index (χ1) is 16.0. The Bertz CT molecular complexity index is 1190. The summed E-state index contributed by atoms with van der Waals surface area (Å²) < 4.78 is 0. The van der Waals surface area contributed by atoms with Gasteiger partial charge in [0.05, 0.1) is 10.7 Å². The maximum Gasteiger partial charge on any atom is 0.229 e. The lowest BCUT2D eigenvalue weighted by molar-refractivity contribution is -0.119. The molecule has 7 heteroatoms. The van der Waals surface area contributed by atoms with Gasteiger partial charge in [-0.05, 0) is 41.8 Å². The number of aromatic nitrogens is 1. The zero-order chi connectivity index (χ0) is 22.9. The number of carbonyl (C=O) groups is 1. The molecule has 170 valence electrons. The molecule has 0 radical (unpaired) electrons. The van der Waals surface area contributed by atoms with E-state index < -0.39 is 0 Å². The first kappa shape index (κ1) is 21.7. The van der Waals surface area contributed by atoms with Crippen molar-refractivity contribution in [1.82, 2.24) is 10.3 Å². The number of rotatable bonds is 4. The van der Waals surface area contributed by atoms with Gasteiger partial charge in [-0.25, -0.2) is 4.98 Å². The second-order valence-corrected chi connectivity index (χ2v) is 9.09. The van der Waals surface area contributed by atoms with Crippen LogP contribution in [0.1, 0.15) is 13.3 Å². The van der Waals surface area contributed by atoms with Crippen LogP contribution < -0.4 is 15.1 Å². The summed E-state index contributed by atoms with van der Waals surface area (Å²) in [4.78, 5) is 21.0. The molecule has 33 heavy (non-hydrogen) atoms. The summed E-state index contributed by atoms with van der Waals surface area (Å²) in [5, 5.41) is 15.1. The molecule has 1 unspecified atom stereocenters. The Hall–Kier alpha value is -3.09. The molecule has 2 aliphatic heterocycles. The number of hydrogen-bond donors (Lipinski definition) is 2. The fraction of sp³-hybridized carbons (Fsp3) is 0.308. The standard InChI is InChI=1S/C26H27ClN4O2/c1-17-8-12-31(26(17)33)23-6-5-18(15-22(23)27)20-3-2-4-21(25(20)32)19-7-9-29-24(16-19)30-13-10-28-11-14-30/h2-7,9,15-17,28,32H,8,10-14H2,1H3. The summed E-state index contributed by atoms with van der Waals surface area (Å²) >= 11 is 6.59. The first-order valence-corrected chi connectivity index (χ1v) is 11.8. The van der Waals surface area contributed by atoms with Crippen molar-refractivity contribution < 1.29 is 9.90 Å². The van der Waals surface area contributed by atoms with Crippen LogP contribution in [0.5, 0.6) is 5.75 Å². The van der Waals surface area contributed by atoms with Gasteiger partial charge in [-0.2, -0.15) is 0 Å². The highest BCUT2D eigenvalue weighted by molar-refractivity contribution is 6.34. The van der Waals surface area contributed by atoms with Gasteiger partial charge in [0.2, 0.25) is 5.91 Å². The zero-order valence-corrected chi connectivity index (χ0v) is 19.3. The van der Waals surface area contributed by atoms with Gasteiger partial charge in [0.1, 0.15) is 11.6 Å². The number of nitrogens with zero attached hydrogens (tertiary/aromatic N) is 3. The van der Waals surface area contributed by atoms with Crippen LogP contribution in [-0.4, -0.2) is 48.7 Å². The third-order valence-corrected chi connectivity index (χ3v) is 6.86. The van der Waals surface area contributed by atoms with Crippen LogP contribution in [0.15, 0.2) is 54.7 Å². The Morgan fingerprint density at radius 1 is 1.03 bits per heavy atom. The van der Waals surface area contributed by atoms with E-state index in [2.05, 4.69) is 15.2 Å². The molecule has 0 aliphatic carbocycles. The van der Waals surface area contributed by atoms with E-state index in [9.17, 15) is 9.90 Å². The summed E-state index contributed by atoms with van der Waals surface area (Å²) in [5.74, 6) is 1.24. The smallest absolute Gasteiger partial charge is 0.229 e. The summed E-state index contributed by atoms with van der Waals surface area (Å²) in [5.41, 5.74) is 3.88. The molecule has 1 amide bonds. The number of phenols is 1. The number of anilines is 2. The number of para-hydroxylation sites is 1. The van der Waals surface area contributed by atoms with Crippen molar-refractivity contribution in [3.8, 4) is 28.0 Å². The van der Waals surface area contributed by atoms with Gasteiger partial charge in [0.15, 0.2) is 0 Å². The number of pyridine rings is 1. The van der Waals surface area contributed by atoms with Crippen molar-refractivity contribution in [3.63, 3.8) is 0 Å². The van der Waals surface area contributed by atoms with Gasteiger partial charge < -0.3 is 20.2 Å². The van der Waals surface area contributed by atoms with Gasteiger partial charge in [-0.15, -0.1) is 0 Å². The van der Waals surface area contributed by atoms with Crippen molar-refractivity contribution in [2.75, 3.05) is 42.5 Å². The predicted molar refractivity (Wildman–Crippen MR) is 133 cm³/mol. The number of carbonyl (C=O) groups excluding carboxylic acids is 1. The van der Waals surface area contributed by atoms with Crippen molar-refractivity contribution in [1.29, 1.82) is 0 Å². The Labute approximate surface area is 198 Å². The second-order valence-electron chi connectivity index (χ2n) is 8.69. The minimum Gasteiger partial charge on any atom is -0.507 e. The normalized spacial score (nSPS) is 18.7. The maximum atomic E-state index is 12.4. The quantitative estimate of drug-likeness (QED) is 0.595. The summed E-state index contributed by atoms with van der Waals surface area (Å²) in [6.07, 6.45) is 2.63. The van der Waals surface area contributed by atoms with Crippen LogP contribution in [0.25, 0.3) is 22.3 Å². The van der Waals surface area contributed by atoms with Crippen LogP contribution in [0, 0.1) is 5.92 Å². The summed E-state index contributed by atoms with van der Waals surface area (Å²) in [6.45, 7) is 6.31. The van der Waals surface area contributed by atoms with Crippen molar-refractivity contribution >= 4 is 29.0 Å². The lowest BCUT2D eigenvalue weighted by Gasteiger charge is -2.28. The Kier molecular flexibility index (Phi) is 5.96. The Morgan fingerprint density at radius 2 is 1.76 bits per heavy atom. The van der Waals surface area contributed by atoms with Gasteiger partial charge >= 0.3 is 0 Å². The molecule has 0 saturated carbocycles. The van der Waals surface area contributed by atoms with Gasteiger partial charge in [-0.1, -0.05) is 42.8 Å². The molecule has 1 aromatic heterocycles. The monoisotopic (exact) mass is 462 g/mol. The first-order valence-electron chi connectivity index (χ1n) is 11.4. The highest BCUT2D eigenvalue weighted by Crippen LogP contribution is 2.41. The Balaban J connectivity index is 1.47. The third kappa shape index (κ3) is 4.16. The van der Waals surface area contributed by atoms with Crippen LogP contribution >= 0.6 is 11.6 Å². The van der Waals surface area contributed by atoms with Crippen LogP contribution in [-0.2, 0) is 4.79 Å². The summed E-state index contributed by atoms with van der Waals surface area (Å²) in [7, 11) is 0. The molecular formula is C26H27ClN4O2. The third-order valence-electron chi connectivity index (χ3n) is 6.56. The number of halogens is 1. The molecule has 2 aliphatic rings. The van der Waals surface area contributed by atoms with Crippen molar-refractivity contribution in [2.45, 2.75) is 13.3 Å². The highest BCUT2D eigenvalue weighted by atomic mass is 35.5. The molecule has 3 aromatic rings. The number of piperazine rings is 1. The number of benzene rings is 2. The summed E-state index contributed by atoms with van der Waals surface area (Å²) in [6, 6.07) is 15.3. The average molecular weight is 463 g/mol. The molecule has 0 bridgehead atoms. The topological polar surface area (TPSA) is 68.7 Å². The molecule has 2 saturated heterocycles. The number of nitrogens with one attached hydrogen (secondary N) is 1. The number of hydrogen-bond acceptors (Lipinski definition) is 5. The van der Waals surface area contributed by atoms with Crippen LogP contribution in [0.4, 0.5) is 11.5 Å². The van der Waals surface area contributed by atoms with E-state index in [1.54, 1.807) is 11.1 Å². The van der Waals surface area contributed by atoms with E-state index in [4.69, 9.17) is 11.6 Å². The molecule has 2 N–H and O–H groups in total. The molecular weight excluding hydrogens is 436 g/mol. The number of phenolic OH excluding ortho intramolecular Hbond substituents is 1. The molecule has 0 spiro atoms. The van der Waals surface area contributed by atoms with Crippen molar-refractivity contribution in [2.24, 2.45) is 5.92 Å². The SMILES string of the molecule is CC1CCN(c2ccc(-c3cccc(-c4ccnc(N5CCNCC5)c4)c3O)cc2Cl)C1=O. The maximum absolute atomic E-state index is 12.4. The molecule has 2 aromatic carbocycles. The molecule has 2 fully saturated rings. The molecule has 1 atom stereocenters. The number of aromatic hydroxyl groups is 1. The second kappa shape index (κ2) is 9.04. The highest BCUT2D eigenvalue weighted by Gasteiger charge is 2.30. The fourth-order valence-electron chi connectivity index (χ4n) is 4.62. The lowest BCUT2D eigenvalue weighted by Crippen LogP contribution is -2.43. The van der Waals surface area contributed by atoms with E-state index in [1.807, 2.05) is 55.5 Å².